The molecule has 1 fully saturated rings. The van der Waals surface area contributed by atoms with Crippen LogP contribution in [0.2, 0.25) is 0 Å². The number of nitrogens with one attached hydrogen (secondary N) is 1. The van der Waals surface area contributed by atoms with E-state index in [9.17, 15) is 4.79 Å². The van der Waals surface area contributed by atoms with Crippen LogP contribution < -0.4 is 5.32 Å². The van der Waals surface area contributed by atoms with Gasteiger partial charge in [-0.25, -0.2) is 0 Å². The summed E-state index contributed by atoms with van der Waals surface area (Å²) in [6, 6.07) is 7.85. The summed E-state index contributed by atoms with van der Waals surface area (Å²) in [7, 11) is 1.45. The largest absolute Gasteiger partial charge is 0.469 e. The molecule has 0 atom stereocenters. The topological polar surface area (TPSA) is 51.5 Å². The van der Waals surface area contributed by atoms with Gasteiger partial charge in [-0.2, -0.15) is 0 Å². The minimum absolute atomic E-state index is 0.112. The lowest BCUT2D eigenvalue weighted by Crippen LogP contribution is -2.44. The molecular formula is C15H17NO3. The number of anilines is 1. The van der Waals surface area contributed by atoms with Crippen LogP contribution in [0.3, 0.4) is 0 Å². The second-order valence-electron chi connectivity index (χ2n) is 5.12. The Balaban J connectivity index is 1.77. The Hall–Kier alpha value is -1.97. The van der Waals surface area contributed by atoms with Crippen LogP contribution in [0.25, 0.3) is 11.0 Å². The zero-order valence-electron chi connectivity index (χ0n) is 10.9. The third kappa shape index (κ3) is 1.97. The fourth-order valence-corrected chi connectivity index (χ4v) is 2.65. The molecule has 3 rings (SSSR count). The van der Waals surface area contributed by atoms with Gasteiger partial charge in [-0.15, -0.1) is 0 Å². The van der Waals surface area contributed by atoms with Gasteiger partial charge in [0.05, 0.1) is 18.2 Å². The van der Waals surface area contributed by atoms with Crippen molar-refractivity contribution in [1.29, 1.82) is 0 Å². The zero-order valence-corrected chi connectivity index (χ0v) is 10.9. The van der Waals surface area contributed by atoms with Gasteiger partial charge in [0.15, 0.2) is 0 Å². The Labute approximate surface area is 111 Å². The van der Waals surface area contributed by atoms with E-state index in [4.69, 9.17) is 9.15 Å². The highest BCUT2D eigenvalue weighted by molar-refractivity contribution is 5.90. The number of hydrogen-bond acceptors (Lipinski definition) is 4. The number of hydrogen-bond donors (Lipinski definition) is 1. The first-order valence-corrected chi connectivity index (χ1v) is 6.54. The van der Waals surface area contributed by atoms with E-state index in [1.165, 1.54) is 7.11 Å². The van der Waals surface area contributed by atoms with E-state index in [0.29, 0.717) is 6.54 Å². The predicted octanol–water partition coefficient (Wildman–Crippen LogP) is 3.19. The summed E-state index contributed by atoms with van der Waals surface area (Å²) in [6.07, 6.45) is 4.57. The van der Waals surface area contributed by atoms with Gasteiger partial charge in [0, 0.05) is 11.9 Å². The first kappa shape index (κ1) is 12.1. The fourth-order valence-electron chi connectivity index (χ4n) is 2.65. The number of ether oxygens (including phenoxy) is 1. The molecule has 100 valence electrons. The van der Waals surface area contributed by atoms with E-state index in [2.05, 4.69) is 5.32 Å². The third-order valence-electron chi connectivity index (χ3n) is 4.03. The Kier molecular flexibility index (Phi) is 2.93. The van der Waals surface area contributed by atoms with Crippen LogP contribution >= 0.6 is 0 Å². The number of para-hydroxylation sites is 1. The molecule has 0 saturated heterocycles. The van der Waals surface area contributed by atoms with Gasteiger partial charge in [-0.1, -0.05) is 18.6 Å². The highest BCUT2D eigenvalue weighted by atomic mass is 16.5. The van der Waals surface area contributed by atoms with Crippen LogP contribution in [-0.4, -0.2) is 19.6 Å². The minimum atomic E-state index is -0.354. The van der Waals surface area contributed by atoms with Gasteiger partial charge in [-0.3, -0.25) is 4.79 Å². The van der Waals surface area contributed by atoms with Crippen LogP contribution in [0.1, 0.15) is 19.3 Å². The average molecular weight is 259 g/mol. The van der Waals surface area contributed by atoms with Crippen molar-refractivity contribution in [2.24, 2.45) is 5.41 Å². The monoisotopic (exact) mass is 259 g/mol. The molecule has 0 unspecified atom stereocenters. The first-order valence-electron chi connectivity index (χ1n) is 6.54. The molecule has 1 aliphatic carbocycles. The molecule has 2 aromatic rings. The highest BCUT2D eigenvalue weighted by Crippen LogP contribution is 2.42. The van der Waals surface area contributed by atoms with Crippen molar-refractivity contribution in [2.45, 2.75) is 19.3 Å². The van der Waals surface area contributed by atoms with Gasteiger partial charge in [0.2, 0.25) is 0 Å². The van der Waals surface area contributed by atoms with Crippen molar-refractivity contribution in [3.8, 4) is 0 Å². The second-order valence-corrected chi connectivity index (χ2v) is 5.12. The summed E-state index contributed by atoms with van der Waals surface area (Å²) < 4.78 is 10.4. The molecule has 1 N–H and O–H groups in total. The number of carbonyl (C=O) groups is 1. The van der Waals surface area contributed by atoms with Crippen molar-refractivity contribution in [3.05, 3.63) is 30.5 Å². The number of rotatable bonds is 4. The summed E-state index contributed by atoms with van der Waals surface area (Å²) in [5.41, 5.74) is 1.43. The number of fused-ring (bicyclic) bond motifs is 1. The summed E-state index contributed by atoms with van der Waals surface area (Å²) in [4.78, 5) is 11.9. The number of methoxy groups -OCH3 is 1. The first-order chi connectivity index (χ1) is 9.25. The molecular weight excluding hydrogens is 242 g/mol. The second kappa shape index (κ2) is 4.61. The molecule has 1 saturated carbocycles. The van der Waals surface area contributed by atoms with Crippen LogP contribution in [0, 0.1) is 5.41 Å². The maximum atomic E-state index is 11.9. The van der Waals surface area contributed by atoms with E-state index in [-0.39, 0.29) is 11.4 Å². The standard InChI is InChI=1S/C15H17NO3/c1-18-14(17)15(7-4-8-15)10-16-12-9-19-13-6-3-2-5-11(12)13/h2-3,5-6,9,16H,4,7-8,10H2,1H3. The van der Waals surface area contributed by atoms with Crippen LogP contribution in [0.15, 0.2) is 34.9 Å². The summed E-state index contributed by atoms with van der Waals surface area (Å²) >= 11 is 0. The Morgan fingerprint density at radius 3 is 2.89 bits per heavy atom. The summed E-state index contributed by atoms with van der Waals surface area (Å²) in [6.45, 7) is 0.600. The molecule has 0 radical (unpaired) electrons. The molecule has 4 heteroatoms. The van der Waals surface area contributed by atoms with Crippen LogP contribution in [0.5, 0.6) is 0 Å². The van der Waals surface area contributed by atoms with Gasteiger partial charge in [0.25, 0.3) is 0 Å². The number of carbonyl (C=O) groups excluding carboxylic acids is 1. The van der Waals surface area contributed by atoms with Crippen LogP contribution in [-0.2, 0) is 9.53 Å². The summed E-state index contributed by atoms with van der Waals surface area (Å²) in [5, 5.41) is 4.37. The maximum absolute atomic E-state index is 11.9. The molecule has 1 heterocycles. The quantitative estimate of drug-likeness (QED) is 0.857. The highest BCUT2D eigenvalue weighted by Gasteiger charge is 2.45. The fraction of sp³-hybridized carbons (Fsp3) is 0.400. The van der Waals surface area contributed by atoms with E-state index < -0.39 is 0 Å². The van der Waals surface area contributed by atoms with Crippen molar-refractivity contribution in [1.82, 2.24) is 0 Å². The summed E-state index contributed by atoms with van der Waals surface area (Å²) in [5.74, 6) is -0.112. The molecule has 1 aromatic carbocycles. The van der Waals surface area contributed by atoms with E-state index >= 15 is 0 Å². The lowest BCUT2D eigenvalue weighted by molar-refractivity contribution is -0.157. The molecule has 19 heavy (non-hydrogen) atoms. The van der Waals surface area contributed by atoms with Crippen molar-refractivity contribution < 1.29 is 13.9 Å². The molecule has 1 aromatic heterocycles. The lowest BCUT2D eigenvalue weighted by Gasteiger charge is -2.38. The predicted molar refractivity (Wildman–Crippen MR) is 73.0 cm³/mol. The number of esters is 1. The molecule has 4 nitrogen and oxygen atoms in total. The number of furan rings is 1. The molecule has 0 amide bonds. The normalized spacial score (nSPS) is 16.9. The molecule has 0 spiro atoms. The van der Waals surface area contributed by atoms with Gasteiger partial charge in [0.1, 0.15) is 11.8 Å². The van der Waals surface area contributed by atoms with Gasteiger partial charge < -0.3 is 14.5 Å². The SMILES string of the molecule is COC(=O)C1(CNc2coc3ccccc23)CCC1. The third-order valence-corrected chi connectivity index (χ3v) is 4.03. The maximum Gasteiger partial charge on any atom is 0.313 e. The molecule has 1 aliphatic rings. The van der Waals surface area contributed by atoms with E-state index in [1.807, 2.05) is 24.3 Å². The minimum Gasteiger partial charge on any atom is -0.469 e. The van der Waals surface area contributed by atoms with Crippen molar-refractivity contribution >= 4 is 22.6 Å². The molecule has 0 aliphatic heterocycles. The smallest absolute Gasteiger partial charge is 0.313 e. The van der Waals surface area contributed by atoms with Crippen molar-refractivity contribution in [2.75, 3.05) is 19.0 Å². The number of benzene rings is 1. The van der Waals surface area contributed by atoms with Crippen LogP contribution in [0.4, 0.5) is 5.69 Å². The Bertz CT molecular complexity index is 598. The van der Waals surface area contributed by atoms with Crippen molar-refractivity contribution in [3.63, 3.8) is 0 Å². The van der Waals surface area contributed by atoms with E-state index in [1.54, 1.807) is 6.26 Å². The zero-order chi connectivity index (χ0) is 13.3. The Morgan fingerprint density at radius 2 is 2.21 bits per heavy atom. The average Bonchev–Trinajstić information content (AvgIpc) is 2.81. The lowest BCUT2D eigenvalue weighted by atomic mass is 9.68. The molecule has 0 bridgehead atoms. The van der Waals surface area contributed by atoms with E-state index in [0.717, 1.165) is 35.9 Å². The Morgan fingerprint density at radius 1 is 1.42 bits per heavy atom. The van der Waals surface area contributed by atoms with Gasteiger partial charge >= 0.3 is 5.97 Å². The van der Waals surface area contributed by atoms with Gasteiger partial charge in [-0.05, 0) is 25.0 Å².